The zero-order valence-corrected chi connectivity index (χ0v) is 12.9. The van der Waals surface area contributed by atoms with Crippen molar-refractivity contribution >= 4 is 5.69 Å². The predicted molar refractivity (Wildman–Crippen MR) is 83.5 cm³/mol. The largest absolute Gasteiger partial charge is 0.435 e. The SMILES string of the molecule is N#CC(C#N)=CNc1ccc(-n2nc(C(F)(F)F)cc2C2CC2)cc1. The summed E-state index contributed by atoms with van der Waals surface area (Å²) in [4.78, 5) is 0. The maximum atomic E-state index is 12.9. The number of hydrogen-bond acceptors (Lipinski definition) is 4. The second-order valence-corrected chi connectivity index (χ2v) is 5.61. The molecule has 1 heterocycles. The highest BCUT2D eigenvalue weighted by atomic mass is 19.4. The molecule has 2 aromatic rings. The smallest absolute Gasteiger partial charge is 0.360 e. The van der Waals surface area contributed by atoms with E-state index in [9.17, 15) is 13.2 Å². The summed E-state index contributed by atoms with van der Waals surface area (Å²) in [5, 5.41) is 23.8. The van der Waals surface area contributed by atoms with E-state index in [4.69, 9.17) is 10.5 Å². The molecule has 3 rings (SSSR count). The molecule has 25 heavy (non-hydrogen) atoms. The highest BCUT2D eigenvalue weighted by Crippen LogP contribution is 2.42. The summed E-state index contributed by atoms with van der Waals surface area (Å²) in [6.45, 7) is 0. The molecule has 0 unspecified atom stereocenters. The molecule has 0 saturated heterocycles. The zero-order chi connectivity index (χ0) is 18.0. The van der Waals surface area contributed by atoms with E-state index in [1.54, 1.807) is 36.4 Å². The highest BCUT2D eigenvalue weighted by Gasteiger charge is 2.38. The summed E-state index contributed by atoms with van der Waals surface area (Å²) < 4.78 is 40.2. The van der Waals surface area contributed by atoms with Gasteiger partial charge in [0.25, 0.3) is 0 Å². The summed E-state index contributed by atoms with van der Waals surface area (Å²) in [6, 6.07) is 11.1. The average Bonchev–Trinajstić information content (AvgIpc) is 3.33. The van der Waals surface area contributed by atoms with E-state index in [2.05, 4.69) is 10.4 Å². The molecule has 0 radical (unpaired) electrons. The number of nitriles is 2. The molecule has 1 aliphatic rings. The number of aromatic nitrogens is 2. The summed E-state index contributed by atoms with van der Waals surface area (Å²) in [6.07, 6.45) is -1.50. The van der Waals surface area contributed by atoms with Crippen LogP contribution in [0.5, 0.6) is 0 Å². The quantitative estimate of drug-likeness (QED) is 0.848. The summed E-state index contributed by atoms with van der Waals surface area (Å²) in [7, 11) is 0. The molecule has 0 spiro atoms. The van der Waals surface area contributed by atoms with Crippen molar-refractivity contribution in [3.05, 3.63) is 53.5 Å². The fraction of sp³-hybridized carbons (Fsp3) is 0.235. The fourth-order valence-electron chi connectivity index (χ4n) is 2.35. The highest BCUT2D eigenvalue weighted by molar-refractivity contribution is 5.53. The average molecular weight is 343 g/mol. The molecule has 0 atom stereocenters. The van der Waals surface area contributed by atoms with Gasteiger partial charge in [-0.3, -0.25) is 0 Å². The number of alkyl halides is 3. The van der Waals surface area contributed by atoms with Crippen molar-refractivity contribution in [2.24, 2.45) is 0 Å². The number of anilines is 1. The van der Waals surface area contributed by atoms with Crippen LogP contribution >= 0.6 is 0 Å². The maximum absolute atomic E-state index is 12.9. The first-order valence-electron chi connectivity index (χ1n) is 7.47. The van der Waals surface area contributed by atoms with Gasteiger partial charge in [0.15, 0.2) is 5.69 Å². The molecule has 0 bridgehead atoms. The number of benzene rings is 1. The Morgan fingerprint density at radius 1 is 1.20 bits per heavy atom. The van der Waals surface area contributed by atoms with Gasteiger partial charge in [-0.25, -0.2) is 4.68 Å². The number of rotatable bonds is 4. The number of hydrogen-bond donors (Lipinski definition) is 1. The second-order valence-electron chi connectivity index (χ2n) is 5.61. The van der Waals surface area contributed by atoms with Crippen LogP contribution in [0, 0.1) is 22.7 Å². The molecule has 1 N–H and O–H groups in total. The molecule has 0 aliphatic heterocycles. The van der Waals surface area contributed by atoms with Gasteiger partial charge in [-0.05, 0) is 43.2 Å². The maximum Gasteiger partial charge on any atom is 0.435 e. The van der Waals surface area contributed by atoms with Crippen molar-refractivity contribution in [3.8, 4) is 17.8 Å². The van der Waals surface area contributed by atoms with E-state index in [-0.39, 0.29) is 11.5 Å². The molecule has 1 fully saturated rings. The lowest BCUT2D eigenvalue weighted by molar-refractivity contribution is -0.141. The lowest BCUT2D eigenvalue weighted by Crippen LogP contribution is -2.07. The van der Waals surface area contributed by atoms with Crippen LogP contribution in [0.1, 0.15) is 30.1 Å². The van der Waals surface area contributed by atoms with Crippen LogP contribution in [0.25, 0.3) is 5.69 Å². The molecule has 1 aromatic carbocycles. The molecule has 126 valence electrons. The van der Waals surface area contributed by atoms with Crippen molar-refractivity contribution in [1.29, 1.82) is 10.5 Å². The third kappa shape index (κ3) is 3.64. The number of allylic oxidation sites excluding steroid dienone is 1. The lowest BCUT2D eigenvalue weighted by Gasteiger charge is -2.08. The molecule has 5 nitrogen and oxygen atoms in total. The van der Waals surface area contributed by atoms with Gasteiger partial charge in [-0.2, -0.15) is 28.8 Å². The Kier molecular flexibility index (Phi) is 4.20. The lowest BCUT2D eigenvalue weighted by atomic mass is 10.2. The van der Waals surface area contributed by atoms with Crippen LogP contribution in [-0.4, -0.2) is 9.78 Å². The van der Waals surface area contributed by atoms with Crippen LogP contribution in [-0.2, 0) is 6.18 Å². The Labute approximate surface area is 141 Å². The number of nitrogens with one attached hydrogen (secondary N) is 1. The molecule has 1 aromatic heterocycles. The van der Waals surface area contributed by atoms with Crippen molar-refractivity contribution < 1.29 is 13.2 Å². The first-order chi connectivity index (χ1) is 11.9. The van der Waals surface area contributed by atoms with E-state index in [0.29, 0.717) is 17.1 Å². The third-order valence-corrected chi connectivity index (χ3v) is 3.76. The first-order valence-corrected chi connectivity index (χ1v) is 7.47. The van der Waals surface area contributed by atoms with Crippen LogP contribution < -0.4 is 5.32 Å². The number of halogens is 3. The number of nitrogens with zero attached hydrogens (tertiary/aromatic N) is 4. The Balaban J connectivity index is 1.88. The van der Waals surface area contributed by atoms with Crippen LogP contribution in [0.4, 0.5) is 18.9 Å². The van der Waals surface area contributed by atoms with Crippen LogP contribution in [0.15, 0.2) is 42.1 Å². The van der Waals surface area contributed by atoms with E-state index in [1.807, 2.05) is 0 Å². The van der Waals surface area contributed by atoms with Gasteiger partial charge in [0, 0.05) is 23.5 Å². The Hall–Kier alpha value is -3.26. The molecular weight excluding hydrogens is 331 g/mol. The van der Waals surface area contributed by atoms with Gasteiger partial charge in [0.2, 0.25) is 0 Å². The van der Waals surface area contributed by atoms with Crippen molar-refractivity contribution in [2.45, 2.75) is 24.9 Å². The summed E-state index contributed by atoms with van der Waals surface area (Å²) in [5.74, 6) is 0.109. The van der Waals surface area contributed by atoms with Crippen LogP contribution in [0.2, 0.25) is 0 Å². The van der Waals surface area contributed by atoms with Gasteiger partial charge < -0.3 is 5.32 Å². The molecule has 1 saturated carbocycles. The Bertz CT molecular complexity index is 874. The monoisotopic (exact) mass is 343 g/mol. The summed E-state index contributed by atoms with van der Waals surface area (Å²) in [5.41, 5.74) is 0.703. The van der Waals surface area contributed by atoms with E-state index in [1.165, 1.54) is 10.9 Å². The van der Waals surface area contributed by atoms with Gasteiger partial charge in [-0.1, -0.05) is 0 Å². The first kappa shape index (κ1) is 16.6. The van der Waals surface area contributed by atoms with Crippen molar-refractivity contribution in [3.63, 3.8) is 0 Å². The second kappa shape index (κ2) is 6.33. The van der Waals surface area contributed by atoms with Gasteiger partial charge in [0.05, 0.1) is 5.69 Å². The van der Waals surface area contributed by atoms with Crippen molar-refractivity contribution in [2.75, 3.05) is 5.32 Å². The van der Waals surface area contributed by atoms with Gasteiger partial charge in [-0.15, -0.1) is 0 Å². The van der Waals surface area contributed by atoms with E-state index in [0.717, 1.165) is 18.9 Å². The minimum absolute atomic E-state index is 0.0815. The Morgan fingerprint density at radius 2 is 1.84 bits per heavy atom. The van der Waals surface area contributed by atoms with Crippen molar-refractivity contribution in [1.82, 2.24) is 9.78 Å². The van der Waals surface area contributed by atoms with E-state index < -0.39 is 11.9 Å². The molecule has 0 amide bonds. The Morgan fingerprint density at radius 3 is 2.36 bits per heavy atom. The molecular formula is C17H12F3N5. The predicted octanol–water partition coefficient (Wildman–Crippen LogP) is 4.11. The minimum atomic E-state index is -4.48. The fourth-order valence-corrected chi connectivity index (χ4v) is 2.35. The zero-order valence-electron chi connectivity index (χ0n) is 12.9. The van der Waals surface area contributed by atoms with Crippen LogP contribution in [0.3, 0.4) is 0 Å². The molecule has 1 aliphatic carbocycles. The third-order valence-electron chi connectivity index (χ3n) is 3.76. The molecule has 8 heteroatoms. The summed E-state index contributed by atoms with van der Waals surface area (Å²) >= 11 is 0. The van der Waals surface area contributed by atoms with Gasteiger partial charge in [0.1, 0.15) is 17.7 Å². The topological polar surface area (TPSA) is 77.4 Å². The van der Waals surface area contributed by atoms with E-state index >= 15 is 0 Å². The normalized spacial score (nSPS) is 13.6. The van der Waals surface area contributed by atoms with Gasteiger partial charge >= 0.3 is 6.18 Å². The minimum Gasteiger partial charge on any atom is -0.360 e. The standard InChI is InChI=1S/C17H12F3N5/c18-17(19,20)16-7-15(12-1-2-12)25(24-16)14-5-3-13(4-6-14)23-10-11(8-21)9-22/h3-7,10,12,23H,1-2H2.